The third-order valence-electron chi connectivity index (χ3n) is 2.18. The van der Waals surface area contributed by atoms with Crippen molar-refractivity contribution in [2.75, 3.05) is 7.05 Å². The maximum Gasteiger partial charge on any atom is 0.0300 e. The Morgan fingerprint density at radius 1 is 1.23 bits per heavy atom. The molecule has 72 valence electrons. The van der Waals surface area contributed by atoms with Gasteiger partial charge in [0.25, 0.3) is 0 Å². The summed E-state index contributed by atoms with van der Waals surface area (Å²) in [5.41, 5.74) is 2.53. The van der Waals surface area contributed by atoms with Crippen LogP contribution in [0.2, 0.25) is 0 Å². The van der Waals surface area contributed by atoms with Crippen molar-refractivity contribution in [1.29, 1.82) is 0 Å². The van der Waals surface area contributed by atoms with E-state index < -0.39 is 0 Å². The van der Waals surface area contributed by atoms with Crippen molar-refractivity contribution in [3.05, 3.63) is 32.2 Å². The highest BCUT2D eigenvalue weighted by Crippen LogP contribution is 2.29. The first kappa shape index (κ1) is 11.2. The van der Waals surface area contributed by atoms with Gasteiger partial charge < -0.3 is 5.32 Å². The second-order valence-corrected chi connectivity index (χ2v) is 4.84. The zero-order valence-corrected chi connectivity index (χ0v) is 11.2. The Kier molecular flexibility index (Phi) is 3.95. The molecule has 13 heavy (non-hydrogen) atoms. The number of benzene rings is 1. The van der Waals surface area contributed by atoms with Crippen molar-refractivity contribution < 1.29 is 0 Å². The van der Waals surface area contributed by atoms with Crippen LogP contribution in [0.4, 0.5) is 0 Å². The van der Waals surface area contributed by atoms with Gasteiger partial charge in [0.1, 0.15) is 0 Å². The summed E-state index contributed by atoms with van der Waals surface area (Å²) in [6, 6.07) is 4.65. The van der Waals surface area contributed by atoms with Crippen LogP contribution in [0.5, 0.6) is 0 Å². The average Bonchev–Trinajstić information content (AvgIpc) is 2.10. The summed E-state index contributed by atoms with van der Waals surface area (Å²) in [4.78, 5) is 0. The molecule has 0 amide bonds. The second kappa shape index (κ2) is 4.58. The fraction of sp³-hybridized carbons (Fsp3) is 0.400. The van der Waals surface area contributed by atoms with E-state index in [0.717, 1.165) is 8.95 Å². The van der Waals surface area contributed by atoms with Crippen molar-refractivity contribution in [1.82, 2.24) is 5.32 Å². The molecule has 0 saturated carbocycles. The number of halogens is 2. The molecule has 0 aliphatic rings. The second-order valence-electron chi connectivity index (χ2n) is 3.13. The van der Waals surface area contributed by atoms with Crippen molar-refractivity contribution in [3.8, 4) is 0 Å². The molecule has 1 N–H and O–H groups in total. The van der Waals surface area contributed by atoms with Gasteiger partial charge in [0.15, 0.2) is 0 Å². The largest absolute Gasteiger partial charge is 0.313 e. The number of aryl methyl sites for hydroxylation is 1. The first-order valence-electron chi connectivity index (χ1n) is 4.19. The van der Waals surface area contributed by atoms with Gasteiger partial charge in [-0.2, -0.15) is 0 Å². The molecule has 0 radical (unpaired) electrons. The van der Waals surface area contributed by atoms with E-state index in [1.54, 1.807) is 0 Å². The van der Waals surface area contributed by atoms with Gasteiger partial charge >= 0.3 is 0 Å². The van der Waals surface area contributed by atoms with Gasteiger partial charge in [0.2, 0.25) is 0 Å². The van der Waals surface area contributed by atoms with Gasteiger partial charge in [-0.1, -0.05) is 31.9 Å². The molecule has 1 atom stereocenters. The predicted molar refractivity (Wildman–Crippen MR) is 64.1 cm³/mol. The summed E-state index contributed by atoms with van der Waals surface area (Å²) in [5.74, 6) is 0. The van der Waals surface area contributed by atoms with Crippen molar-refractivity contribution in [2.45, 2.75) is 19.9 Å². The Labute approximate surface area is 96.2 Å². The molecule has 0 aliphatic heterocycles. The minimum absolute atomic E-state index is 0.367. The molecule has 0 aliphatic carbocycles. The van der Waals surface area contributed by atoms with Crippen LogP contribution in [0.25, 0.3) is 0 Å². The standard InChI is InChI=1S/C10H13Br2N/c1-6-4-10(12)8(5-9(6)11)7(2)13-3/h4-5,7,13H,1-3H3. The molecule has 1 aromatic rings. The highest BCUT2D eigenvalue weighted by Gasteiger charge is 2.08. The molecular weight excluding hydrogens is 294 g/mol. The Morgan fingerprint density at radius 3 is 2.38 bits per heavy atom. The van der Waals surface area contributed by atoms with Crippen LogP contribution in [-0.2, 0) is 0 Å². The summed E-state index contributed by atoms with van der Waals surface area (Å²) in [5, 5.41) is 3.22. The maximum atomic E-state index is 3.56. The van der Waals surface area contributed by atoms with Gasteiger partial charge in [0.05, 0.1) is 0 Å². The number of hydrogen-bond acceptors (Lipinski definition) is 1. The lowest BCUT2D eigenvalue weighted by atomic mass is 10.1. The number of rotatable bonds is 2. The third kappa shape index (κ3) is 2.55. The number of nitrogens with one attached hydrogen (secondary N) is 1. The topological polar surface area (TPSA) is 12.0 Å². The van der Waals surface area contributed by atoms with Crippen molar-refractivity contribution in [2.24, 2.45) is 0 Å². The van der Waals surface area contributed by atoms with E-state index in [4.69, 9.17) is 0 Å². The lowest BCUT2D eigenvalue weighted by Crippen LogP contribution is -2.12. The van der Waals surface area contributed by atoms with Crippen LogP contribution < -0.4 is 5.32 Å². The minimum atomic E-state index is 0.367. The van der Waals surface area contributed by atoms with E-state index in [-0.39, 0.29) is 0 Å². The molecule has 1 nitrogen and oxygen atoms in total. The smallest absolute Gasteiger partial charge is 0.0300 e. The average molecular weight is 307 g/mol. The maximum absolute atomic E-state index is 3.56. The molecule has 0 aromatic heterocycles. The van der Waals surface area contributed by atoms with Gasteiger partial charge in [-0.3, -0.25) is 0 Å². The van der Waals surface area contributed by atoms with Gasteiger partial charge in [-0.15, -0.1) is 0 Å². The summed E-state index contributed by atoms with van der Waals surface area (Å²) in [6.07, 6.45) is 0. The highest BCUT2D eigenvalue weighted by molar-refractivity contribution is 9.11. The predicted octanol–water partition coefficient (Wildman–Crippen LogP) is 3.80. The molecular formula is C10H13Br2N. The first-order valence-corrected chi connectivity index (χ1v) is 5.77. The molecule has 1 unspecified atom stereocenters. The zero-order chi connectivity index (χ0) is 10.0. The van der Waals surface area contributed by atoms with E-state index in [9.17, 15) is 0 Å². The summed E-state index contributed by atoms with van der Waals surface area (Å²) >= 11 is 7.09. The summed E-state index contributed by atoms with van der Waals surface area (Å²) in [7, 11) is 1.96. The van der Waals surface area contributed by atoms with Gasteiger partial charge in [-0.25, -0.2) is 0 Å². The Bertz CT molecular complexity index is 310. The van der Waals surface area contributed by atoms with Crippen LogP contribution in [0.1, 0.15) is 24.1 Å². The van der Waals surface area contributed by atoms with E-state index >= 15 is 0 Å². The Morgan fingerprint density at radius 2 is 1.85 bits per heavy atom. The first-order chi connectivity index (χ1) is 6.06. The Balaban J connectivity index is 3.15. The Hall–Kier alpha value is 0.140. The molecule has 0 fully saturated rings. The van der Waals surface area contributed by atoms with E-state index in [1.807, 2.05) is 7.05 Å². The molecule has 1 aromatic carbocycles. The van der Waals surface area contributed by atoms with Gasteiger partial charge in [-0.05, 0) is 44.2 Å². The monoisotopic (exact) mass is 305 g/mol. The SMILES string of the molecule is CNC(C)c1cc(Br)c(C)cc1Br. The minimum Gasteiger partial charge on any atom is -0.313 e. The van der Waals surface area contributed by atoms with Crippen LogP contribution in [-0.4, -0.2) is 7.05 Å². The molecule has 1 rings (SSSR count). The van der Waals surface area contributed by atoms with Crippen LogP contribution in [0.15, 0.2) is 21.1 Å². The van der Waals surface area contributed by atoms with Crippen LogP contribution in [0.3, 0.4) is 0 Å². The molecule has 3 heteroatoms. The normalized spacial score (nSPS) is 13.0. The molecule has 0 saturated heterocycles. The van der Waals surface area contributed by atoms with E-state index in [2.05, 4.69) is 63.2 Å². The van der Waals surface area contributed by atoms with Crippen molar-refractivity contribution >= 4 is 31.9 Å². The lowest BCUT2D eigenvalue weighted by Gasteiger charge is -2.14. The summed E-state index contributed by atoms with van der Waals surface area (Å²) < 4.78 is 2.32. The zero-order valence-electron chi connectivity index (χ0n) is 7.99. The van der Waals surface area contributed by atoms with E-state index in [0.29, 0.717) is 6.04 Å². The van der Waals surface area contributed by atoms with Crippen LogP contribution >= 0.6 is 31.9 Å². The fourth-order valence-corrected chi connectivity index (χ4v) is 2.31. The highest BCUT2D eigenvalue weighted by atomic mass is 79.9. The quantitative estimate of drug-likeness (QED) is 0.876. The van der Waals surface area contributed by atoms with Crippen LogP contribution in [0, 0.1) is 6.92 Å². The van der Waals surface area contributed by atoms with Gasteiger partial charge in [0, 0.05) is 15.0 Å². The van der Waals surface area contributed by atoms with E-state index in [1.165, 1.54) is 11.1 Å². The molecule has 0 spiro atoms. The molecule has 0 bridgehead atoms. The lowest BCUT2D eigenvalue weighted by molar-refractivity contribution is 0.649. The number of hydrogen-bond donors (Lipinski definition) is 1. The third-order valence-corrected chi connectivity index (χ3v) is 3.72. The van der Waals surface area contributed by atoms with Crippen molar-refractivity contribution in [3.63, 3.8) is 0 Å². The fourth-order valence-electron chi connectivity index (χ4n) is 1.15. The molecule has 0 heterocycles. The summed E-state index contributed by atoms with van der Waals surface area (Å²) in [6.45, 7) is 4.23.